The molecular weight excluding hydrogens is 518 g/mol. The average Bonchev–Trinajstić information content (AvgIpc) is 3.19. The molecule has 2 amide bonds. The molecule has 41 heavy (non-hydrogen) atoms. The van der Waals surface area contributed by atoms with Crippen LogP contribution in [0.25, 0.3) is 0 Å². The van der Waals surface area contributed by atoms with Crippen LogP contribution in [-0.2, 0) is 16.1 Å². The molecule has 5 rings (SSSR count). The standard InChI is InChI=1S/C32H43N5O4/c38-30-27-10-1-2-11-28(27)31(39)37(30)19-5-12-29(36-20-17-34-15-13-33-14-16-35-18-21-36)32(40)41-23-24-6-3-9-26(22-24)25-7-4-8-25/h1-3,6,9-11,22,25,29,33-35H,4-5,7-8,12-21,23H2. The van der Waals surface area contributed by atoms with Crippen molar-refractivity contribution in [2.24, 2.45) is 0 Å². The van der Waals surface area contributed by atoms with Crippen molar-refractivity contribution in [2.45, 2.75) is 50.7 Å². The van der Waals surface area contributed by atoms with E-state index >= 15 is 0 Å². The molecule has 2 heterocycles. The number of imide groups is 1. The van der Waals surface area contributed by atoms with Gasteiger partial charge in [-0.3, -0.25) is 24.2 Å². The van der Waals surface area contributed by atoms with E-state index in [-0.39, 0.29) is 30.9 Å². The van der Waals surface area contributed by atoms with Crippen molar-refractivity contribution in [2.75, 3.05) is 58.9 Å². The summed E-state index contributed by atoms with van der Waals surface area (Å²) in [4.78, 5) is 42.9. The van der Waals surface area contributed by atoms with Gasteiger partial charge in [0.1, 0.15) is 12.6 Å². The summed E-state index contributed by atoms with van der Waals surface area (Å²) in [7, 11) is 0. The quantitative estimate of drug-likeness (QED) is 0.317. The zero-order valence-electron chi connectivity index (χ0n) is 23.9. The molecule has 2 fully saturated rings. The van der Waals surface area contributed by atoms with Crippen LogP contribution in [-0.4, -0.2) is 92.5 Å². The Bertz CT molecular complexity index is 1150. The molecule has 1 atom stereocenters. The van der Waals surface area contributed by atoms with Gasteiger partial charge in [-0.25, -0.2) is 0 Å². The van der Waals surface area contributed by atoms with Crippen LogP contribution in [0.2, 0.25) is 0 Å². The summed E-state index contributed by atoms with van der Waals surface area (Å²) in [5, 5.41) is 10.3. The maximum Gasteiger partial charge on any atom is 0.323 e. The van der Waals surface area contributed by atoms with E-state index in [1.54, 1.807) is 24.3 Å². The first-order valence-corrected chi connectivity index (χ1v) is 15.2. The summed E-state index contributed by atoms with van der Waals surface area (Å²) in [5.74, 6) is -0.151. The number of amides is 2. The van der Waals surface area contributed by atoms with E-state index < -0.39 is 6.04 Å². The predicted octanol–water partition coefficient (Wildman–Crippen LogP) is 2.53. The molecule has 9 heteroatoms. The monoisotopic (exact) mass is 561 g/mol. The van der Waals surface area contributed by atoms with Gasteiger partial charge in [0.2, 0.25) is 0 Å². The predicted molar refractivity (Wildman–Crippen MR) is 158 cm³/mol. The number of ether oxygens (including phenoxy) is 1. The molecule has 1 saturated carbocycles. The Hall–Kier alpha value is -3.11. The van der Waals surface area contributed by atoms with Crippen molar-refractivity contribution in [3.05, 3.63) is 70.8 Å². The van der Waals surface area contributed by atoms with E-state index in [2.05, 4.69) is 39.0 Å². The van der Waals surface area contributed by atoms with Crippen molar-refractivity contribution in [1.82, 2.24) is 25.8 Å². The van der Waals surface area contributed by atoms with Gasteiger partial charge < -0.3 is 20.7 Å². The lowest BCUT2D eigenvalue weighted by Crippen LogP contribution is -2.49. The number of nitrogens with one attached hydrogen (secondary N) is 3. The van der Waals surface area contributed by atoms with Crippen LogP contribution < -0.4 is 16.0 Å². The van der Waals surface area contributed by atoms with Gasteiger partial charge >= 0.3 is 5.97 Å². The Morgan fingerprint density at radius 3 is 2.10 bits per heavy atom. The molecule has 9 nitrogen and oxygen atoms in total. The normalized spacial score (nSPS) is 20.0. The molecule has 3 N–H and O–H groups in total. The van der Waals surface area contributed by atoms with E-state index in [1.807, 2.05) is 6.07 Å². The number of benzene rings is 2. The van der Waals surface area contributed by atoms with Crippen LogP contribution in [0.3, 0.4) is 0 Å². The van der Waals surface area contributed by atoms with Gasteiger partial charge in [0.05, 0.1) is 11.1 Å². The van der Waals surface area contributed by atoms with Crippen LogP contribution in [0.5, 0.6) is 0 Å². The first-order valence-electron chi connectivity index (χ1n) is 15.2. The van der Waals surface area contributed by atoms with Gasteiger partial charge in [0.15, 0.2) is 0 Å². The second-order valence-corrected chi connectivity index (χ2v) is 11.2. The molecular formula is C32H43N5O4. The largest absolute Gasteiger partial charge is 0.460 e. The third-order valence-corrected chi connectivity index (χ3v) is 8.47. The van der Waals surface area contributed by atoms with Gasteiger partial charge in [-0.15, -0.1) is 0 Å². The molecule has 0 radical (unpaired) electrons. The Labute approximate surface area is 243 Å². The molecule has 0 aromatic heterocycles. The second-order valence-electron chi connectivity index (χ2n) is 11.2. The Morgan fingerprint density at radius 2 is 1.49 bits per heavy atom. The zero-order valence-corrected chi connectivity index (χ0v) is 23.9. The van der Waals surface area contributed by atoms with Crippen LogP contribution in [0.15, 0.2) is 48.5 Å². The SMILES string of the molecule is O=C(OCc1cccc(C2CCC2)c1)C(CCCN1C(=O)c2ccccc2C1=O)N1CCNCCNCCNCC1. The molecule has 2 aromatic rings. The van der Waals surface area contributed by atoms with Crippen LogP contribution in [0.4, 0.5) is 0 Å². The highest BCUT2D eigenvalue weighted by atomic mass is 16.5. The van der Waals surface area contributed by atoms with Crippen LogP contribution in [0, 0.1) is 0 Å². The number of rotatable bonds is 9. The summed E-state index contributed by atoms with van der Waals surface area (Å²) in [6.45, 7) is 6.94. The summed E-state index contributed by atoms with van der Waals surface area (Å²) < 4.78 is 5.94. The number of carbonyl (C=O) groups excluding carboxylic acids is 3. The van der Waals surface area contributed by atoms with Gasteiger partial charge in [-0.1, -0.05) is 42.8 Å². The lowest BCUT2D eigenvalue weighted by molar-refractivity contribution is -0.151. The Balaban J connectivity index is 1.24. The van der Waals surface area contributed by atoms with E-state index in [0.29, 0.717) is 43.0 Å². The number of carbonyl (C=O) groups is 3. The third-order valence-electron chi connectivity index (χ3n) is 8.47. The molecule has 0 bridgehead atoms. The lowest BCUT2D eigenvalue weighted by atomic mass is 9.80. The van der Waals surface area contributed by atoms with Gasteiger partial charge in [0, 0.05) is 58.9 Å². The number of nitrogens with zero attached hydrogens (tertiary/aromatic N) is 2. The van der Waals surface area contributed by atoms with Crippen molar-refractivity contribution in [3.63, 3.8) is 0 Å². The fourth-order valence-corrected chi connectivity index (χ4v) is 5.86. The lowest BCUT2D eigenvalue weighted by Gasteiger charge is -2.31. The van der Waals surface area contributed by atoms with Crippen molar-refractivity contribution >= 4 is 17.8 Å². The number of fused-ring (bicyclic) bond motifs is 1. The van der Waals surface area contributed by atoms with Crippen LogP contribution in [0.1, 0.15) is 69.9 Å². The summed E-state index contributed by atoms with van der Waals surface area (Å²) in [6, 6.07) is 14.9. The minimum Gasteiger partial charge on any atom is -0.460 e. The second kappa shape index (κ2) is 14.7. The summed E-state index contributed by atoms with van der Waals surface area (Å²) in [5.41, 5.74) is 3.24. The molecule has 0 spiro atoms. The number of hydrogen-bond acceptors (Lipinski definition) is 8. The van der Waals surface area contributed by atoms with Gasteiger partial charge in [0.25, 0.3) is 11.8 Å². The smallest absolute Gasteiger partial charge is 0.323 e. The molecule has 1 saturated heterocycles. The van der Waals surface area contributed by atoms with Gasteiger partial charge in [-0.2, -0.15) is 0 Å². The molecule has 1 aliphatic carbocycles. The van der Waals surface area contributed by atoms with Gasteiger partial charge in [-0.05, 0) is 54.9 Å². The minimum absolute atomic E-state index is 0.240. The van der Waals surface area contributed by atoms with E-state index in [1.165, 1.54) is 29.7 Å². The third kappa shape index (κ3) is 7.60. The average molecular weight is 562 g/mol. The highest BCUT2D eigenvalue weighted by Gasteiger charge is 2.35. The van der Waals surface area contributed by atoms with E-state index in [4.69, 9.17) is 4.74 Å². The molecule has 1 unspecified atom stereocenters. The fourth-order valence-electron chi connectivity index (χ4n) is 5.86. The maximum atomic E-state index is 13.6. The molecule has 3 aliphatic rings. The fraction of sp³-hybridized carbons (Fsp3) is 0.531. The highest BCUT2D eigenvalue weighted by molar-refractivity contribution is 6.21. The summed E-state index contributed by atoms with van der Waals surface area (Å²) in [6.07, 6.45) is 4.75. The maximum absolute atomic E-state index is 13.6. The number of hydrogen-bond donors (Lipinski definition) is 3. The van der Waals surface area contributed by atoms with Crippen LogP contribution >= 0.6 is 0 Å². The van der Waals surface area contributed by atoms with Crippen molar-refractivity contribution in [1.29, 1.82) is 0 Å². The summed E-state index contributed by atoms with van der Waals surface area (Å²) >= 11 is 0. The van der Waals surface area contributed by atoms with E-state index in [9.17, 15) is 14.4 Å². The minimum atomic E-state index is -0.468. The van der Waals surface area contributed by atoms with Crippen molar-refractivity contribution < 1.29 is 19.1 Å². The van der Waals surface area contributed by atoms with E-state index in [0.717, 1.165) is 44.8 Å². The van der Waals surface area contributed by atoms with Crippen molar-refractivity contribution in [3.8, 4) is 0 Å². The first-order chi connectivity index (χ1) is 20.1. The molecule has 220 valence electrons. The first kappa shape index (κ1) is 29.4. The zero-order chi connectivity index (χ0) is 28.4. The number of esters is 1. The highest BCUT2D eigenvalue weighted by Crippen LogP contribution is 2.36. The topological polar surface area (TPSA) is 103 Å². The molecule has 2 aromatic carbocycles. The molecule has 2 aliphatic heterocycles. The Kier molecular flexibility index (Phi) is 10.5. The Morgan fingerprint density at radius 1 is 0.854 bits per heavy atom.